The van der Waals surface area contributed by atoms with E-state index >= 15 is 0 Å². The van der Waals surface area contributed by atoms with Crippen LogP contribution in [0.4, 0.5) is 4.39 Å². The summed E-state index contributed by atoms with van der Waals surface area (Å²) in [4.78, 5) is 37.5. The molecule has 0 radical (unpaired) electrons. The fraction of sp³-hybridized carbons (Fsp3) is 0.381. The molecule has 0 unspecified atom stereocenters. The number of aromatic nitrogens is 2. The summed E-state index contributed by atoms with van der Waals surface area (Å²) in [5.41, 5.74) is -1.10. The Kier molecular flexibility index (Phi) is 7.46. The SMILES string of the molecule is CCCCCC/C=C(\F)Cn1cc(C)c(=O)n(C(=O)c2ccccc2)c1=O. The second kappa shape index (κ2) is 9.80. The Labute approximate surface area is 157 Å². The van der Waals surface area contributed by atoms with E-state index in [0.717, 1.165) is 30.3 Å². The zero-order chi connectivity index (χ0) is 19.8. The Morgan fingerprint density at radius 2 is 1.81 bits per heavy atom. The van der Waals surface area contributed by atoms with Crippen LogP contribution in [0.2, 0.25) is 0 Å². The monoisotopic (exact) mass is 372 g/mol. The molecule has 5 nitrogen and oxygen atoms in total. The maximum absolute atomic E-state index is 14.2. The fourth-order valence-electron chi connectivity index (χ4n) is 2.80. The van der Waals surface area contributed by atoms with Gasteiger partial charge in [0, 0.05) is 17.3 Å². The Morgan fingerprint density at radius 3 is 2.48 bits per heavy atom. The number of hydrogen-bond donors (Lipinski definition) is 0. The lowest BCUT2D eigenvalue weighted by Gasteiger charge is -2.10. The topological polar surface area (TPSA) is 61.1 Å². The van der Waals surface area contributed by atoms with Gasteiger partial charge in [0.1, 0.15) is 5.83 Å². The van der Waals surface area contributed by atoms with E-state index in [1.807, 2.05) is 0 Å². The number of nitrogens with zero attached hydrogens (tertiary/aromatic N) is 2. The second-order valence-electron chi connectivity index (χ2n) is 6.53. The summed E-state index contributed by atoms with van der Waals surface area (Å²) < 4.78 is 15.8. The number of halogens is 1. The van der Waals surface area contributed by atoms with Gasteiger partial charge in [-0.25, -0.2) is 9.18 Å². The van der Waals surface area contributed by atoms with E-state index < -0.39 is 23.0 Å². The molecule has 0 amide bonds. The standard InChI is InChI=1S/C21H25FN2O3/c1-3-4-5-6-10-13-18(22)15-23-14-16(2)19(25)24(21(23)27)20(26)17-11-8-7-9-12-17/h7-9,11-14H,3-6,10,15H2,1-2H3/b18-13-. The Balaban J connectivity index is 2.28. The first-order chi connectivity index (χ1) is 13.0. The number of hydrogen-bond acceptors (Lipinski definition) is 3. The van der Waals surface area contributed by atoms with Crippen LogP contribution in [0, 0.1) is 6.92 Å². The van der Waals surface area contributed by atoms with E-state index in [1.165, 1.54) is 31.3 Å². The second-order valence-corrected chi connectivity index (χ2v) is 6.53. The van der Waals surface area contributed by atoms with Gasteiger partial charge in [-0.3, -0.25) is 14.2 Å². The highest BCUT2D eigenvalue weighted by molar-refractivity contribution is 5.95. The van der Waals surface area contributed by atoms with Crippen LogP contribution in [0.5, 0.6) is 0 Å². The minimum atomic E-state index is -0.839. The molecule has 0 fully saturated rings. The van der Waals surface area contributed by atoms with Crippen molar-refractivity contribution in [2.24, 2.45) is 0 Å². The van der Waals surface area contributed by atoms with Crippen LogP contribution in [0.1, 0.15) is 54.9 Å². The maximum atomic E-state index is 14.2. The van der Waals surface area contributed by atoms with Crippen LogP contribution >= 0.6 is 0 Å². The number of carbonyl (C=O) groups excluding carboxylic acids is 1. The molecule has 0 aliphatic rings. The van der Waals surface area contributed by atoms with Gasteiger partial charge in [-0.2, -0.15) is 4.57 Å². The molecule has 6 heteroatoms. The molecule has 2 aromatic rings. The number of aryl methyl sites for hydroxylation is 1. The average Bonchev–Trinajstić information content (AvgIpc) is 2.66. The summed E-state index contributed by atoms with van der Waals surface area (Å²) in [6, 6.07) is 8.07. The summed E-state index contributed by atoms with van der Waals surface area (Å²) in [7, 11) is 0. The van der Waals surface area contributed by atoms with E-state index in [4.69, 9.17) is 0 Å². The molecule has 1 aromatic heterocycles. The molecule has 0 saturated carbocycles. The van der Waals surface area contributed by atoms with Gasteiger partial charge in [-0.15, -0.1) is 0 Å². The molecule has 27 heavy (non-hydrogen) atoms. The lowest BCUT2D eigenvalue weighted by atomic mass is 10.1. The highest BCUT2D eigenvalue weighted by Crippen LogP contribution is 2.08. The van der Waals surface area contributed by atoms with Crippen molar-refractivity contribution in [1.82, 2.24) is 9.13 Å². The van der Waals surface area contributed by atoms with Gasteiger partial charge < -0.3 is 0 Å². The highest BCUT2D eigenvalue weighted by atomic mass is 19.1. The normalized spacial score (nSPS) is 11.6. The van der Waals surface area contributed by atoms with Crippen molar-refractivity contribution < 1.29 is 9.18 Å². The minimum Gasteiger partial charge on any atom is -0.293 e. The van der Waals surface area contributed by atoms with Gasteiger partial charge in [-0.05, 0) is 31.9 Å². The summed E-state index contributed by atoms with van der Waals surface area (Å²) in [6.07, 6.45) is 7.51. The molecule has 0 aliphatic heterocycles. The van der Waals surface area contributed by atoms with Crippen LogP contribution in [0.3, 0.4) is 0 Å². The van der Waals surface area contributed by atoms with Crippen molar-refractivity contribution in [2.45, 2.75) is 52.5 Å². The summed E-state index contributed by atoms with van der Waals surface area (Å²) in [6.45, 7) is 3.31. The molecule has 2 rings (SSSR count). The van der Waals surface area contributed by atoms with Gasteiger partial charge in [-0.1, -0.05) is 50.5 Å². The maximum Gasteiger partial charge on any atom is 0.338 e. The van der Waals surface area contributed by atoms with E-state index in [9.17, 15) is 18.8 Å². The highest BCUT2D eigenvalue weighted by Gasteiger charge is 2.17. The zero-order valence-electron chi connectivity index (χ0n) is 15.8. The third kappa shape index (κ3) is 5.36. The van der Waals surface area contributed by atoms with Gasteiger partial charge in [0.15, 0.2) is 0 Å². The fourth-order valence-corrected chi connectivity index (χ4v) is 2.80. The van der Waals surface area contributed by atoms with Crippen molar-refractivity contribution in [3.8, 4) is 0 Å². The predicted octanol–water partition coefficient (Wildman–Crippen LogP) is 3.83. The van der Waals surface area contributed by atoms with Crippen LogP contribution in [0.15, 0.2) is 58.0 Å². The number of carbonyl (C=O) groups is 1. The van der Waals surface area contributed by atoms with Gasteiger partial charge >= 0.3 is 5.69 Å². The molecule has 144 valence electrons. The molecule has 0 bridgehead atoms. The number of rotatable bonds is 8. The number of benzene rings is 1. The Bertz CT molecular complexity index is 927. The first-order valence-corrected chi connectivity index (χ1v) is 9.23. The molecule has 0 N–H and O–H groups in total. The van der Waals surface area contributed by atoms with E-state index in [-0.39, 0.29) is 17.7 Å². The quantitative estimate of drug-likeness (QED) is 0.662. The molecule has 1 heterocycles. The summed E-state index contributed by atoms with van der Waals surface area (Å²) in [5.74, 6) is -1.17. The van der Waals surface area contributed by atoms with Crippen LogP contribution in [0.25, 0.3) is 0 Å². The van der Waals surface area contributed by atoms with E-state index in [2.05, 4.69) is 6.92 Å². The van der Waals surface area contributed by atoms with Crippen molar-refractivity contribution >= 4 is 5.91 Å². The van der Waals surface area contributed by atoms with Crippen LogP contribution in [-0.4, -0.2) is 15.0 Å². The number of allylic oxidation sites excluding steroid dienone is 2. The van der Waals surface area contributed by atoms with Crippen LogP contribution in [-0.2, 0) is 6.54 Å². The molecule has 1 aromatic carbocycles. The third-order valence-corrected chi connectivity index (χ3v) is 4.30. The molecular weight excluding hydrogens is 347 g/mol. The third-order valence-electron chi connectivity index (χ3n) is 4.30. The summed E-state index contributed by atoms with van der Waals surface area (Å²) in [5, 5.41) is 0. The molecule has 0 aliphatic carbocycles. The van der Waals surface area contributed by atoms with Gasteiger partial charge in [0.2, 0.25) is 0 Å². The van der Waals surface area contributed by atoms with Gasteiger partial charge in [0.25, 0.3) is 11.5 Å². The number of unbranched alkanes of at least 4 members (excludes halogenated alkanes) is 4. The molecule has 0 saturated heterocycles. The lowest BCUT2D eigenvalue weighted by molar-refractivity contribution is 0.0948. The van der Waals surface area contributed by atoms with E-state index in [0.29, 0.717) is 11.0 Å². The van der Waals surface area contributed by atoms with Gasteiger partial charge in [0.05, 0.1) is 6.54 Å². The molecule has 0 atom stereocenters. The average molecular weight is 372 g/mol. The largest absolute Gasteiger partial charge is 0.338 e. The van der Waals surface area contributed by atoms with Crippen molar-refractivity contribution in [3.05, 3.63) is 80.4 Å². The predicted molar refractivity (Wildman–Crippen MR) is 104 cm³/mol. The van der Waals surface area contributed by atoms with Crippen LogP contribution < -0.4 is 11.2 Å². The lowest BCUT2D eigenvalue weighted by Crippen LogP contribution is -2.44. The van der Waals surface area contributed by atoms with Crippen molar-refractivity contribution in [2.75, 3.05) is 0 Å². The van der Waals surface area contributed by atoms with Crippen molar-refractivity contribution in [3.63, 3.8) is 0 Å². The van der Waals surface area contributed by atoms with Crippen molar-refractivity contribution in [1.29, 1.82) is 0 Å². The summed E-state index contributed by atoms with van der Waals surface area (Å²) >= 11 is 0. The van der Waals surface area contributed by atoms with E-state index in [1.54, 1.807) is 18.2 Å². The Hall–Kier alpha value is -2.76. The first-order valence-electron chi connectivity index (χ1n) is 9.23. The first kappa shape index (κ1) is 20.6. The minimum absolute atomic E-state index is 0.203. The molecular formula is C21H25FN2O3. The molecule has 0 spiro atoms. The Morgan fingerprint density at radius 1 is 1.11 bits per heavy atom. The smallest absolute Gasteiger partial charge is 0.293 e. The zero-order valence-corrected chi connectivity index (χ0v) is 15.8.